The smallest absolute Gasteiger partial charge is 0.306 e. The summed E-state index contributed by atoms with van der Waals surface area (Å²) in [6, 6.07) is 0. The van der Waals surface area contributed by atoms with Crippen LogP contribution >= 0.6 is 0 Å². The zero-order chi connectivity index (χ0) is 47.9. The van der Waals surface area contributed by atoms with Crippen LogP contribution in [0.2, 0.25) is 0 Å². The molecule has 0 N–H and O–H groups in total. The van der Waals surface area contributed by atoms with Crippen LogP contribution in [0.25, 0.3) is 0 Å². The molecule has 66 heavy (non-hydrogen) atoms. The number of esters is 3. The Kier molecular flexibility index (Phi) is 50.0. The lowest BCUT2D eigenvalue weighted by Gasteiger charge is -2.18. The summed E-state index contributed by atoms with van der Waals surface area (Å²) in [6.45, 7) is 6.29. The molecule has 6 nitrogen and oxygen atoms in total. The number of ether oxygens (including phenoxy) is 3. The maximum Gasteiger partial charge on any atom is 0.306 e. The first-order chi connectivity index (χ1) is 32.5. The average molecular weight is 913 g/mol. The Labute approximate surface area is 405 Å². The van der Waals surface area contributed by atoms with Gasteiger partial charge >= 0.3 is 17.9 Å². The Morgan fingerprint density at radius 3 is 1.18 bits per heavy atom. The molecule has 0 amide bonds. The van der Waals surface area contributed by atoms with Gasteiger partial charge in [-0.05, 0) is 103 Å². The molecule has 0 rings (SSSR count). The predicted molar refractivity (Wildman–Crippen MR) is 283 cm³/mol. The van der Waals surface area contributed by atoms with Gasteiger partial charge in [0.1, 0.15) is 13.2 Å². The van der Waals surface area contributed by atoms with Gasteiger partial charge in [0.15, 0.2) is 6.10 Å². The van der Waals surface area contributed by atoms with E-state index in [9.17, 15) is 14.4 Å². The van der Waals surface area contributed by atoms with E-state index in [1.807, 2.05) is 12.2 Å². The molecule has 0 aromatic heterocycles. The minimum absolute atomic E-state index is 0.119. The van der Waals surface area contributed by atoms with E-state index >= 15 is 0 Å². The molecular weight excluding hydrogens is 817 g/mol. The lowest BCUT2D eigenvalue weighted by Crippen LogP contribution is -2.30. The number of rotatable bonds is 46. The van der Waals surface area contributed by atoms with E-state index in [0.29, 0.717) is 19.3 Å². The molecule has 0 aliphatic rings. The van der Waals surface area contributed by atoms with Gasteiger partial charge in [-0.3, -0.25) is 14.4 Å². The Morgan fingerprint density at radius 1 is 0.333 bits per heavy atom. The Hall–Kier alpha value is -4.19. The van der Waals surface area contributed by atoms with Crippen LogP contribution in [0.4, 0.5) is 0 Å². The monoisotopic (exact) mass is 913 g/mol. The van der Waals surface area contributed by atoms with Crippen molar-refractivity contribution in [3.8, 4) is 0 Å². The molecule has 0 fully saturated rings. The molecule has 0 heterocycles. The summed E-state index contributed by atoms with van der Waals surface area (Å²) in [7, 11) is 0. The second-order valence-electron chi connectivity index (χ2n) is 17.1. The van der Waals surface area contributed by atoms with Crippen molar-refractivity contribution in [2.45, 2.75) is 226 Å². The first-order valence-electron chi connectivity index (χ1n) is 26.6. The highest BCUT2D eigenvalue weighted by atomic mass is 16.6. The van der Waals surface area contributed by atoms with Crippen LogP contribution in [-0.2, 0) is 28.6 Å². The van der Waals surface area contributed by atoms with Gasteiger partial charge in [-0.1, -0.05) is 219 Å². The largest absolute Gasteiger partial charge is 0.462 e. The molecule has 6 heteroatoms. The molecule has 0 aromatic rings. The molecule has 1 unspecified atom stereocenters. The molecule has 0 aromatic carbocycles. The van der Waals surface area contributed by atoms with Crippen LogP contribution in [0.15, 0.2) is 122 Å². The number of hydrogen-bond donors (Lipinski definition) is 0. The van der Waals surface area contributed by atoms with Gasteiger partial charge < -0.3 is 14.2 Å². The van der Waals surface area contributed by atoms with E-state index in [4.69, 9.17) is 14.2 Å². The number of unbranched alkanes of at least 4 members (excludes halogenated alkanes) is 17. The van der Waals surface area contributed by atoms with Gasteiger partial charge in [-0.2, -0.15) is 0 Å². The molecule has 0 radical (unpaired) electrons. The van der Waals surface area contributed by atoms with Gasteiger partial charge in [0.2, 0.25) is 0 Å². The van der Waals surface area contributed by atoms with E-state index in [2.05, 4.69) is 130 Å². The maximum absolute atomic E-state index is 12.8. The summed E-state index contributed by atoms with van der Waals surface area (Å²) >= 11 is 0. The van der Waals surface area contributed by atoms with E-state index in [1.165, 1.54) is 57.8 Å². The third-order valence-corrected chi connectivity index (χ3v) is 10.8. The molecule has 0 bridgehead atoms. The SMILES string of the molecule is CC/C=C/C=C/C=C/CCCCCCCC(=O)OCC(COC(=O)CC/C=C/C/C=C/C/C=C/C/C=C/C/C=C/C/C=C/CC)OC(=O)CCCCCCC/C=C/CCCCCCCCC. The van der Waals surface area contributed by atoms with Crippen molar-refractivity contribution < 1.29 is 28.6 Å². The van der Waals surface area contributed by atoms with Crippen molar-refractivity contribution in [1.82, 2.24) is 0 Å². The summed E-state index contributed by atoms with van der Waals surface area (Å²) in [5.41, 5.74) is 0. The molecule has 0 aliphatic heterocycles. The van der Waals surface area contributed by atoms with E-state index < -0.39 is 6.10 Å². The summed E-state index contributed by atoms with van der Waals surface area (Å²) in [6.07, 6.45) is 73.4. The normalized spacial score (nSPS) is 13.1. The fourth-order valence-corrected chi connectivity index (χ4v) is 6.81. The second-order valence-corrected chi connectivity index (χ2v) is 17.1. The van der Waals surface area contributed by atoms with E-state index in [-0.39, 0.29) is 37.5 Å². The molecule has 0 aliphatic carbocycles. The van der Waals surface area contributed by atoms with Crippen molar-refractivity contribution in [2.24, 2.45) is 0 Å². The quantitative estimate of drug-likeness (QED) is 0.0199. The Morgan fingerprint density at radius 2 is 0.697 bits per heavy atom. The first kappa shape index (κ1) is 61.8. The Bertz CT molecular complexity index is 1420. The number of carbonyl (C=O) groups excluding carboxylic acids is 3. The third-order valence-electron chi connectivity index (χ3n) is 10.8. The molecule has 0 spiro atoms. The standard InChI is InChI=1S/C60H96O6/c1-4-7-10-13-16-19-22-25-27-29-30-31-33-35-38-41-44-47-50-53-59(62)65-56-57(55-64-58(61)52-49-46-43-40-37-34-24-21-18-15-12-9-6-3)66-60(63)54-51-48-45-42-39-36-32-28-26-23-20-17-14-11-8-5-2/h7,9-10,12,15-16,18-19,21,24-25,27-28,30-32,35,38,44,47,57H,4-6,8,11,13-14,17,20,22-23,26,29,33-34,36-37,39-43,45-46,48-56H2,1-3H3/b10-7+,12-9+,18-15+,19-16+,24-21+,27-25+,31-30+,32-28+,38-35+,47-44+. The summed E-state index contributed by atoms with van der Waals surface area (Å²) in [5.74, 6) is -1.04. The van der Waals surface area contributed by atoms with Gasteiger partial charge in [0.05, 0.1) is 0 Å². The number of allylic oxidation sites excluding steroid dienone is 20. The summed E-state index contributed by atoms with van der Waals surface area (Å²) in [5, 5.41) is 0. The molecule has 0 saturated heterocycles. The van der Waals surface area contributed by atoms with Crippen LogP contribution in [0.1, 0.15) is 220 Å². The number of carbonyl (C=O) groups is 3. The fraction of sp³-hybridized carbons (Fsp3) is 0.617. The lowest BCUT2D eigenvalue weighted by molar-refractivity contribution is -0.166. The lowest BCUT2D eigenvalue weighted by atomic mass is 10.1. The van der Waals surface area contributed by atoms with Crippen LogP contribution in [0, 0.1) is 0 Å². The molecule has 1 atom stereocenters. The third kappa shape index (κ3) is 50.8. The van der Waals surface area contributed by atoms with Crippen LogP contribution in [-0.4, -0.2) is 37.2 Å². The van der Waals surface area contributed by atoms with Gasteiger partial charge in [-0.15, -0.1) is 0 Å². The molecule has 372 valence electrons. The summed E-state index contributed by atoms with van der Waals surface area (Å²) in [4.78, 5) is 38.0. The zero-order valence-electron chi connectivity index (χ0n) is 42.4. The van der Waals surface area contributed by atoms with Crippen LogP contribution in [0.3, 0.4) is 0 Å². The van der Waals surface area contributed by atoms with Gasteiger partial charge in [0.25, 0.3) is 0 Å². The average Bonchev–Trinajstić information content (AvgIpc) is 3.31. The van der Waals surface area contributed by atoms with Gasteiger partial charge in [-0.25, -0.2) is 0 Å². The minimum Gasteiger partial charge on any atom is -0.462 e. The van der Waals surface area contributed by atoms with Crippen LogP contribution in [0.5, 0.6) is 0 Å². The van der Waals surface area contributed by atoms with Crippen molar-refractivity contribution in [3.63, 3.8) is 0 Å². The van der Waals surface area contributed by atoms with E-state index in [1.54, 1.807) is 0 Å². The highest BCUT2D eigenvalue weighted by molar-refractivity contribution is 5.71. The highest BCUT2D eigenvalue weighted by Gasteiger charge is 2.19. The summed E-state index contributed by atoms with van der Waals surface area (Å²) < 4.78 is 16.7. The zero-order valence-corrected chi connectivity index (χ0v) is 42.4. The second kappa shape index (κ2) is 53.4. The molecule has 0 saturated carbocycles. The van der Waals surface area contributed by atoms with Gasteiger partial charge in [0, 0.05) is 19.3 Å². The van der Waals surface area contributed by atoms with Crippen molar-refractivity contribution in [3.05, 3.63) is 122 Å². The fourth-order valence-electron chi connectivity index (χ4n) is 6.81. The topological polar surface area (TPSA) is 78.9 Å². The highest BCUT2D eigenvalue weighted by Crippen LogP contribution is 2.13. The van der Waals surface area contributed by atoms with Crippen molar-refractivity contribution in [2.75, 3.05) is 13.2 Å². The molecular formula is C60H96O6. The Balaban J connectivity index is 4.55. The van der Waals surface area contributed by atoms with Crippen LogP contribution < -0.4 is 0 Å². The number of hydrogen-bond acceptors (Lipinski definition) is 6. The van der Waals surface area contributed by atoms with Crippen molar-refractivity contribution in [1.29, 1.82) is 0 Å². The predicted octanol–water partition coefficient (Wildman–Crippen LogP) is 17.7. The maximum atomic E-state index is 12.8. The van der Waals surface area contributed by atoms with Crippen molar-refractivity contribution >= 4 is 17.9 Å². The minimum atomic E-state index is -0.824. The first-order valence-corrected chi connectivity index (χ1v) is 26.6. The van der Waals surface area contributed by atoms with E-state index in [0.717, 1.165) is 116 Å².